The number of methoxy groups -OCH3 is 2. The molecule has 0 spiro atoms. The van der Waals surface area contributed by atoms with Crippen molar-refractivity contribution in [1.29, 1.82) is 0 Å². The lowest BCUT2D eigenvalue weighted by atomic mass is 10.1. The maximum Gasteiger partial charge on any atom is 0.242 e. The molecule has 30 heavy (non-hydrogen) atoms. The first kappa shape index (κ1) is 25.6. The highest BCUT2D eigenvalue weighted by Crippen LogP contribution is 2.31. The van der Waals surface area contributed by atoms with E-state index in [9.17, 15) is 4.79 Å². The number of hydrogen-bond donors (Lipinski definition) is 1. The number of hydrogen-bond acceptors (Lipinski definition) is 5. The van der Waals surface area contributed by atoms with E-state index in [1.807, 2.05) is 69.9 Å². The number of nitrogens with zero attached hydrogens (tertiary/aromatic N) is 4. The van der Waals surface area contributed by atoms with Gasteiger partial charge in [0, 0.05) is 26.7 Å². The van der Waals surface area contributed by atoms with Crippen LogP contribution < -0.4 is 14.8 Å². The molecule has 0 aliphatic carbocycles. The maximum absolute atomic E-state index is 12.5. The number of likely N-dealkylation sites (N-methyl/N-ethyl adjacent to an activating group) is 3. The van der Waals surface area contributed by atoms with Crippen LogP contribution in [0.1, 0.15) is 32.4 Å². The number of rotatable bonds is 11. The van der Waals surface area contributed by atoms with Crippen molar-refractivity contribution in [1.82, 2.24) is 20.0 Å². The highest BCUT2D eigenvalue weighted by molar-refractivity contribution is 5.86. The second-order valence-corrected chi connectivity index (χ2v) is 7.21. The fourth-order valence-corrected chi connectivity index (χ4v) is 3.22. The Morgan fingerprint density at radius 1 is 1.07 bits per heavy atom. The zero-order valence-electron chi connectivity index (χ0n) is 19.9. The van der Waals surface area contributed by atoms with E-state index in [4.69, 9.17) is 14.5 Å². The normalized spacial score (nSPS) is 12.5. The lowest BCUT2D eigenvalue weighted by molar-refractivity contribution is -0.131. The Labute approximate surface area is 181 Å². The highest BCUT2D eigenvalue weighted by atomic mass is 16.5. The second kappa shape index (κ2) is 13.0. The van der Waals surface area contributed by atoms with E-state index in [1.54, 1.807) is 14.2 Å². The van der Waals surface area contributed by atoms with Gasteiger partial charge in [0.25, 0.3) is 0 Å². The molecule has 0 aliphatic heterocycles. The molecule has 8 nitrogen and oxygen atoms in total. The van der Waals surface area contributed by atoms with Gasteiger partial charge in [-0.2, -0.15) is 0 Å². The molecule has 1 amide bonds. The van der Waals surface area contributed by atoms with E-state index in [1.165, 1.54) is 0 Å². The molecule has 1 rings (SSSR count). The van der Waals surface area contributed by atoms with Gasteiger partial charge in [0.2, 0.25) is 5.91 Å². The summed E-state index contributed by atoms with van der Waals surface area (Å²) in [4.78, 5) is 23.1. The van der Waals surface area contributed by atoms with Crippen LogP contribution in [-0.2, 0) is 4.79 Å². The third kappa shape index (κ3) is 7.09. The zero-order chi connectivity index (χ0) is 22.7. The summed E-state index contributed by atoms with van der Waals surface area (Å²) in [5.74, 6) is 2.20. The van der Waals surface area contributed by atoms with Crippen LogP contribution in [0.3, 0.4) is 0 Å². The van der Waals surface area contributed by atoms with Gasteiger partial charge in [0.15, 0.2) is 17.5 Å². The van der Waals surface area contributed by atoms with Gasteiger partial charge in [0.1, 0.15) is 0 Å². The summed E-state index contributed by atoms with van der Waals surface area (Å²) >= 11 is 0. The minimum atomic E-state index is 0.0466. The van der Waals surface area contributed by atoms with Crippen molar-refractivity contribution in [3.8, 4) is 11.5 Å². The highest BCUT2D eigenvalue weighted by Gasteiger charge is 2.19. The van der Waals surface area contributed by atoms with E-state index >= 15 is 0 Å². The summed E-state index contributed by atoms with van der Waals surface area (Å²) in [6.07, 6.45) is 0. The molecule has 0 bridgehead atoms. The number of ether oxygens (including phenoxy) is 2. The molecule has 8 heteroatoms. The van der Waals surface area contributed by atoms with Gasteiger partial charge >= 0.3 is 0 Å². The summed E-state index contributed by atoms with van der Waals surface area (Å²) < 4.78 is 10.8. The second-order valence-electron chi connectivity index (χ2n) is 7.21. The van der Waals surface area contributed by atoms with Crippen LogP contribution in [0.5, 0.6) is 11.5 Å². The predicted octanol–water partition coefficient (Wildman–Crippen LogP) is 2.07. The van der Waals surface area contributed by atoms with Gasteiger partial charge in [-0.05, 0) is 52.6 Å². The largest absolute Gasteiger partial charge is 0.493 e. The Hall–Kier alpha value is -2.48. The molecular weight excluding hydrogens is 382 g/mol. The number of aliphatic imine (C=N–C) groups is 1. The molecule has 1 atom stereocenters. The first-order chi connectivity index (χ1) is 14.3. The van der Waals surface area contributed by atoms with Crippen LogP contribution in [0.15, 0.2) is 23.2 Å². The van der Waals surface area contributed by atoms with Gasteiger partial charge < -0.3 is 29.5 Å². The first-order valence-corrected chi connectivity index (χ1v) is 10.5. The number of guanidine groups is 1. The number of amides is 1. The zero-order valence-corrected chi connectivity index (χ0v) is 19.9. The summed E-state index contributed by atoms with van der Waals surface area (Å²) in [5.41, 5.74) is 1.08. The molecule has 0 saturated carbocycles. The summed E-state index contributed by atoms with van der Waals surface area (Å²) in [6, 6.07) is 5.97. The fourth-order valence-electron chi connectivity index (χ4n) is 3.22. The average molecular weight is 422 g/mol. The molecule has 1 unspecified atom stereocenters. The molecule has 0 aromatic heterocycles. The average Bonchev–Trinajstić information content (AvgIpc) is 2.73. The molecule has 0 fully saturated rings. The fraction of sp³-hybridized carbons (Fsp3) is 0.636. The summed E-state index contributed by atoms with van der Waals surface area (Å²) in [5, 5.41) is 3.29. The number of benzene rings is 1. The molecule has 0 heterocycles. The molecule has 0 saturated heterocycles. The maximum atomic E-state index is 12.5. The molecule has 1 aromatic rings. The summed E-state index contributed by atoms with van der Waals surface area (Å²) in [6.45, 7) is 8.97. The molecule has 170 valence electrons. The van der Waals surface area contributed by atoms with E-state index < -0.39 is 0 Å². The minimum absolute atomic E-state index is 0.0466. The van der Waals surface area contributed by atoms with Gasteiger partial charge in [-0.15, -0.1) is 0 Å². The van der Waals surface area contributed by atoms with Crippen molar-refractivity contribution >= 4 is 11.9 Å². The van der Waals surface area contributed by atoms with Gasteiger partial charge in [-0.25, -0.2) is 0 Å². The van der Waals surface area contributed by atoms with Crippen molar-refractivity contribution in [3.05, 3.63) is 23.8 Å². The Morgan fingerprint density at radius 2 is 1.70 bits per heavy atom. The molecular formula is C22H39N5O3. The van der Waals surface area contributed by atoms with E-state index in [0.29, 0.717) is 37.1 Å². The van der Waals surface area contributed by atoms with Crippen molar-refractivity contribution in [2.45, 2.75) is 26.8 Å². The van der Waals surface area contributed by atoms with Gasteiger partial charge in [-0.3, -0.25) is 9.79 Å². The number of carbonyl (C=O) groups excluding carboxylic acids is 1. The SMILES string of the molecule is CCNC(=NCC(c1ccc(OC)c(OC)c1)N(C)C)N(C)CC(=O)N(CC)CC. The van der Waals surface area contributed by atoms with Crippen LogP contribution in [0.25, 0.3) is 0 Å². The molecule has 0 aliphatic rings. The predicted molar refractivity (Wildman–Crippen MR) is 123 cm³/mol. The third-order valence-electron chi connectivity index (χ3n) is 5.01. The van der Waals surface area contributed by atoms with E-state index in [0.717, 1.165) is 12.1 Å². The van der Waals surface area contributed by atoms with Crippen LogP contribution in [0, 0.1) is 0 Å². The smallest absolute Gasteiger partial charge is 0.242 e. The van der Waals surface area contributed by atoms with Crippen molar-refractivity contribution < 1.29 is 14.3 Å². The van der Waals surface area contributed by atoms with E-state index in [2.05, 4.69) is 10.2 Å². The van der Waals surface area contributed by atoms with Crippen molar-refractivity contribution in [2.75, 3.05) is 68.1 Å². The number of carbonyl (C=O) groups is 1. The molecule has 1 aromatic carbocycles. The Morgan fingerprint density at radius 3 is 2.20 bits per heavy atom. The molecule has 0 radical (unpaired) electrons. The van der Waals surface area contributed by atoms with Crippen molar-refractivity contribution in [3.63, 3.8) is 0 Å². The lowest BCUT2D eigenvalue weighted by Gasteiger charge is -2.27. The summed E-state index contributed by atoms with van der Waals surface area (Å²) in [7, 11) is 9.21. The van der Waals surface area contributed by atoms with Gasteiger partial charge in [0.05, 0.1) is 33.4 Å². The van der Waals surface area contributed by atoms with Crippen molar-refractivity contribution in [2.24, 2.45) is 4.99 Å². The Kier molecular flexibility index (Phi) is 11.0. The third-order valence-corrected chi connectivity index (χ3v) is 5.01. The molecule has 1 N–H and O–H groups in total. The quantitative estimate of drug-likeness (QED) is 0.436. The van der Waals surface area contributed by atoms with Gasteiger partial charge in [-0.1, -0.05) is 6.07 Å². The first-order valence-electron chi connectivity index (χ1n) is 10.5. The Bertz CT molecular complexity index is 689. The van der Waals surface area contributed by atoms with Crippen LogP contribution in [-0.4, -0.2) is 94.7 Å². The van der Waals surface area contributed by atoms with Crippen LogP contribution in [0.4, 0.5) is 0 Å². The topological polar surface area (TPSA) is 69.6 Å². The van der Waals surface area contributed by atoms with Crippen LogP contribution >= 0.6 is 0 Å². The standard InChI is InChI=1S/C22H39N5O3/c1-9-23-22(26(6)16-21(28)27(10-2)11-3)24-15-18(25(4)5)17-12-13-19(29-7)20(14-17)30-8/h12-14,18H,9-11,15-16H2,1-8H3,(H,23,24). The lowest BCUT2D eigenvalue weighted by Crippen LogP contribution is -2.46. The number of nitrogens with one attached hydrogen (secondary N) is 1. The van der Waals surface area contributed by atoms with E-state index in [-0.39, 0.29) is 18.5 Å². The van der Waals surface area contributed by atoms with Crippen LogP contribution in [0.2, 0.25) is 0 Å². The monoisotopic (exact) mass is 421 g/mol. The minimum Gasteiger partial charge on any atom is -0.493 e. The Balaban J connectivity index is 3.05.